The molecule has 2 aromatic heterocycles. The van der Waals surface area contributed by atoms with Crippen molar-refractivity contribution in [2.45, 2.75) is 13.1 Å². The highest BCUT2D eigenvalue weighted by Gasteiger charge is 2.12. The summed E-state index contributed by atoms with van der Waals surface area (Å²) in [6, 6.07) is 17.1. The van der Waals surface area contributed by atoms with Crippen LogP contribution in [-0.2, 0) is 13.1 Å². The molecule has 0 aliphatic rings. The molecular weight excluding hydrogens is 434 g/mol. The van der Waals surface area contributed by atoms with E-state index in [-0.39, 0.29) is 18.1 Å². The number of amides is 3. The van der Waals surface area contributed by atoms with Gasteiger partial charge >= 0.3 is 6.03 Å². The van der Waals surface area contributed by atoms with Crippen LogP contribution in [0.15, 0.2) is 77.9 Å². The molecule has 9 nitrogen and oxygen atoms in total. The Morgan fingerprint density at radius 1 is 0.941 bits per heavy atom. The molecule has 0 aliphatic heterocycles. The second-order valence-electron chi connectivity index (χ2n) is 7.51. The van der Waals surface area contributed by atoms with E-state index < -0.39 is 11.5 Å². The van der Waals surface area contributed by atoms with E-state index in [2.05, 4.69) is 25.9 Å². The number of methoxy groups -OCH3 is 1. The predicted molar refractivity (Wildman–Crippen MR) is 129 cm³/mol. The van der Waals surface area contributed by atoms with Gasteiger partial charge in [-0.3, -0.25) is 14.6 Å². The summed E-state index contributed by atoms with van der Waals surface area (Å²) in [6.07, 6.45) is 3.32. The number of rotatable bonds is 7. The molecule has 2 heterocycles. The third-order valence-corrected chi connectivity index (χ3v) is 5.14. The highest BCUT2D eigenvalue weighted by molar-refractivity contribution is 5.97. The lowest BCUT2D eigenvalue weighted by atomic mass is 10.1. The Labute approximate surface area is 195 Å². The monoisotopic (exact) mass is 457 g/mol. The SMILES string of the molecule is COc1ccc2[nH]c(=O)c(C(=O)NCc3cccc(NC(=O)NCc4ccncc4)c3)cc2c1. The lowest BCUT2D eigenvalue weighted by molar-refractivity contribution is 0.0949. The molecule has 0 spiro atoms. The van der Waals surface area contributed by atoms with Crippen molar-refractivity contribution in [2.75, 3.05) is 12.4 Å². The number of aromatic amines is 1. The maximum atomic E-state index is 12.7. The molecule has 4 aromatic rings. The van der Waals surface area contributed by atoms with Gasteiger partial charge in [-0.05, 0) is 59.7 Å². The van der Waals surface area contributed by atoms with Crippen LogP contribution in [0, 0.1) is 0 Å². The van der Waals surface area contributed by atoms with Crippen molar-refractivity contribution in [3.8, 4) is 5.75 Å². The quantitative estimate of drug-likeness (QED) is 0.339. The predicted octanol–water partition coefficient (Wildman–Crippen LogP) is 3.18. The second kappa shape index (κ2) is 10.3. The van der Waals surface area contributed by atoms with Crippen LogP contribution in [0.5, 0.6) is 5.75 Å². The van der Waals surface area contributed by atoms with Gasteiger partial charge in [0.25, 0.3) is 11.5 Å². The number of fused-ring (bicyclic) bond motifs is 1. The highest BCUT2D eigenvalue weighted by Crippen LogP contribution is 2.19. The van der Waals surface area contributed by atoms with E-state index in [1.807, 2.05) is 18.2 Å². The van der Waals surface area contributed by atoms with E-state index in [0.29, 0.717) is 28.9 Å². The Morgan fingerprint density at radius 2 is 1.74 bits per heavy atom. The van der Waals surface area contributed by atoms with Crippen molar-refractivity contribution in [1.82, 2.24) is 20.6 Å². The number of anilines is 1. The molecular formula is C25H23N5O4. The van der Waals surface area contributed by atoms with Gasteiger partial charge in [-0.25, -0.2) is 4.79 Å². The zero-order chi connectivity index (χ0) is 23.9. The van der Waals surface area contributed by atoms with Crippen molar-refractivity contribution in [3.63, 3.8) is 0 Å². The van der Waals surface area contributed by atoms with Crippen molar-refractivity contribution >= 4 is 28.5 Å². The van der Waals surface area contributed by atoms with Crippen LogP contribution in [-0.4, -0.2) is 29.0 Å². The first-order chi connectivity index (χ1) is 16.5. The number of carbonyl (C=O) groups is 2. The highest BCUT2D eigenvalue weighted by atomic mass is 16.5. The van der Waals surface area contributed by atoms with Crippen LogP contribution in [0.1, 0.15) is 21.5 Å². The van der Waals surface area contributed by atoms with Crippen LogP contribution in [0.25, 0.3) is 10.9 Å². The lowest BCUT2D eigenvalue weighted by Gasteiger charge is -2.10. The van der Waals surface area contributed by atoms with Crippen LogP contribution in [0.4, 0.5) is 10.5 Å². The normalized spacial score (nSPS) is 10.5. The first-order valence-electron chi connectivity index (χ1n) is 10.5. The van der Waals surface area contributed by atoms with Crippen LogP contribution in [0.3, 0.4) is 0 Å². The Hall–Kier alpha value is -4.66. The number of hydrogen-bond donors (Lipinski definition) is 4. The largest absolute Gasteiger partial charge is 0.497 e. The number of benzene rings is 2. The first kappa shape index (κ1) is 22.5. The fourth-order valence-corrected chi connectivity index (χ4v) is 3.38. The standard InChI is InChI=1S/C25H23N5O4/c1-34-20-5-6-22-18(12-20)13-21(24(32)30-22)23(31)27-15-17-3-2-4-19(11-17)29-25(33)28-14-16-7-9-26-10-8-16/h2-13H,14-15H2,1H3,(H,27,31)(H,30,32)(H2,28,29,33). The number of hydrogen-bond acceptors (Lipinski definition) is 5. The number of aromatic nitrogens is 2. The average molecular weight is 457 g/mol. The van der Waals surface area contributed by atoms with E-state index in [0.717, 1.165) is 11.1 Å². The van der Waals surface area contributed by atoms with Gasteiger partial charge in [-0.1, -0.05) is 12.1 Å². The molecule has 2 aromatic carbocycles. The Kier molecular flexibility index (Phi) is 6.83. The molecule has 4 rings (SSSR count). The van der Waals surface area contributed by atoms with Crippen LogP contribution < -0.4 is 26.2 Å². The molecule has 172 valence electrons. The summed E-state index contributed by atoms with van der Waals surface area (Å²) >= 11 is 0. The molecule has 0 unspecified atom stereocenters. The maximum Gasteiger partial charge on any atom is 0.319 e. The zero-order valence-electron chi connectivity index (χ0n) is 18.4. The minimum absolute atomic E-state index is 0.00511. The minimum Gasteiger partial charge on any atom is -0.497 e. The Bertz CT molecular complexity index is 1390. The zero-order valence-corrected chi connectivity index (χ0v) is 18.4. The van der Waals surface area contributed by atoms with Gasteiger partial charge in [0, 0.05) is 42.1 Å². The van der Waals surface area contributed by atoms with Gasteiger partial charge in [0.05, 0.1) is 7.11 Å². The Morgan fingerprint density at radius 3 is 2.53 bits per heavy atom. The molecule has 4 N–H and O–H groups in total. The summed E-state index contributed by atoms with van der Waals surface area (Å²) < 4.78 is 5.21. The Balaban J connectivity index is 1.37. The molecule has 0 aliphatic carbocycles. The molecule has 0 atom stereocenters. The summed E-state index contributed by atoms with van der Waals surface area (Å²) in [5.74, 6) is 0.125. The van der Waals surface area contributed by atoms with E-state index in [9.17, 15) is 14.4 Å². The number of carbonyl (C=O) groups excluding carboxylic acids is 2. The fourth-order valence-electron chi connectivity index (χ4n) is 3.38. The van der Waals surface area contributed by atoms with Crippen molar-refractivity contribution in [1.29, 1.82) is 0 Å². The number of pyridine rings is 2. The van der Waals surface area contributed by atoms with Crippen LogP contribution in [0.2, 0.25) is 0 Å². The number of H-pyrrole nitrogens is 1. The number of nitrogens with zero attached hydrogens (tertiary/aromatic N) is 1. The first-order valence-corrected chi connectivity index (χ1v) is 10.5. The summed E-state index contributed by atoms with van der Waals surface area (Å²) in [4.78, 5) is 43.9. The van der Waals surface area contributed by atoms with Gasteiger partial charge in [-0.15, -0.1) is 0 Å². The van der Waals surface area contributed by atoms with Crippen molar-refractivity contribution in [3.05, 3.63) is 100 Å². The maximum absolute atomic E-state index is 12.7. The summed E-state index contributed by atoms with van der Waals surface area (Å²) in [5.41, 5.74) is 2.42. The lowest BCUT2D eigenvalue weighted by Crippen LogP contribution is -2.29. The summed E-state index contributed by atoms with van der Waals surface area (Å²) in [7, 11) is 1.55. The molecule has 0 fully saturated rings. The van der Waals surface area contributed by atoms with E-state index in [4.69, 9.17) is 4.74 Å². The average Bonchev–Trinajstić information content (AvgIpc) is 2.86. The van der Waals surface area contributed by atoms with Gasteiger partial charge in [0.1, 0.15) is 11.3 Å². The van der Waals surface area contributed by atoms with E-state index >= 15 is 0 Å². The molecule has 0 saturated carbocycles. The molecule has 3 amide bonds. The molecule has 9 heteroatoms. The summed E-state index contributed by atoms with van der Waals surface area (Å²) in [5, 5.41) is 8.98. The third-order valence-electron chi connectivity index (χ3n) is 5.14. The van der Waals surface area contributed by atoms with Gasteiger partial charge in [-0.2, -0.15) is 0 Å². The van der Waals surface area contributed by atoms with Crippen molar-refractivity contribution < 1.29 is 14.3 Å². The number of nitrogens with one attached hydrogen (secondary N) is 4. The second-order valence-corrected chi connectivity index (χ2v) is 7.51. The van der Waals surface area contributed by atoms with E-state index in [1.165, 1.54) is 6.07 Å². The molecule has 0 radical (unpaired) electrons. The molecule has 0 bridgehead atoms. The van der Waals surface area contributed by atoms with E-state index in [1.54, 1.807) is 55.9 Å². The topological polar surface area (TPSA) is 125 Å². The summed E-state index contributed by atoms with van der Waals surface area (Å²) in [6.45, 7) is 0.554. The molecule has 0 saturated heterocycles. The third kappa shape index (κ3) is 5.57. The van der Waals surface area contributed by atoms with Gasteiger partial charge < -0.3 is 25.7 Å². The molecule has 34 heavy (non-hydrogen) atoms. The smallest absolute Gasteiger partial charge is 0.319 e. The minimum atomic E-state index is -0.501. The fraction of sp³-hybridized carbons (Fsp3) is 0.120. The van der Waals surface area contributed by atoms with Gasteiger partial charge in [0.15, 0.2) is 0 Å². The number of ether oxygens (including phenoxy) is 1. The number of urea groups is 1. The van der Waals surface area contributed by atoms with Crippen molar-refractivity contribution in [2.24, 2.45) is 0 Å². The van der Waals surface area contributed by atoms with Gasteiger partial charge in [0.2, 0.25) is 0 Å². The van der Waals surface area contributed by atoms with Crippen LogP contribution >= 0.6 is 0 Å².